The molecule has 0 spiro atoms. The normalized spacial score (nSPS) is 9.90. The highest BCUT2D eigenvalue weighted by Gasteiger charge is 1.98. The van der Waals surface area contributed by atoms with E-state index < -0.39 is 0 Å². The first kappa shape index (κ1) is 14.8. The standard InChI is InChI=1S/C15H15BrN2OS/c1-17-15(20)18-13-6-2-11(3-7-13)10-19-14-8-4-12(16)5-9-14/h2-9H,10H2,1H3,(H2,17,18,20). The summed E-state index contributed by atoms with van der Waals surface area (Å²) in [7, 11) is 1.79. The molecule has 0 bridgehead atoms. The number of rotatable bonds is 4. The number of thiocarbonyl (C=S) groups is 1. The smallest absolute Gasteiger partial charge is 0.170 e. The number of nitrogens with one attached hydrogen (secondary N) is 2. The van der Waals surface area contributed by atoms with Crippen molar-refractivity contribution < 1.29 is 4.74 Å². The SMILES string of the molecule is CNC(=S)Nc1ccc(COc2ccc(Br)cc2)cc1. The molecule has 0 aliphatic rings. The van der Waals surface area contributed by atoms with Crippen molar-refractivity contribution in [3.63, 3.8) is 0 Å². The van der Waals surface area contributed by atoms with Crippen molar-refractivity contribution in [3.05, 3.63) is 58.6 Å². The van der Waals surface area contributed by atoms with Crippen LogP contribution in [0.3, 0.4) is 0 Å². The van der Waals surface area contributed by atoms with Gasteiger partial charge in [0.2, 0.25) is 0 Å². The Hall–Kier alpha value is -1.59. The van der Waals surface area contributed by atoms with Crippen LogP contribution in [0.4, 0.5) is 5.69 Å². The van der Waals surface area contributed by atoms with Crippen molar-refractivity contribution in [2.45, 2.75) is 6.61 Å². The molecular weight excluding hydrogens is 336 g/mol. The number of halogens is 1. The number of benzene rings is 2. The van der Waals surface area contributed by atoms with Crippen LogP contribution >= 0.6 is 28.1 Å². The Morgan fingerprint density at radius 1 is 1.10 bits per heavy atom. The Labute approximate surface area is 132 Å². The van der Waals surface area contributed by atoms with E-state index in [1.165, 1.54) is 0 Å². The molecule has 0 aliphatic carbocycles. The molecule has 0 heterocycles. The minimum atomic E-state index is 0.540. The second kappa shape index (κ2) is 7.26. The van der Waals surface area contributed by atoms with E-state index in [4.69, 9.17) is 17.0 Å². The maximum absolute atomic E-state index is 5.71. The Bertz CT molecular complexity index is 569. The number of anilines is 1. The van der Waals surface area contributed by atoms with Gasteiger partial charge in [0.25, 0.3) is 0 Å². The van der Waals surface area contributed by atoms with Crippen LogP contribution < -0.4 is 15.4 Å². The fraction of sp³-hybridized carbons (Fsp3) is 0.133. The lowest BCUT2D eigenvalue weighted by atomic mass is 10.2. The maximum atomic E-state index is 5.71. The molecule has 20 heavy (non-hydrogen) atoms. The van der Waals surface area contributed by atoms with Crippen LogP contribution in [0, 0.1) is 0 Å². The van der Waals surface area contributed by atoms with Gasteiger partial charge in [0.1, 0.15) is 12.4 Å². The van der Waals surface area contributed by atoms with Gasteiger partial charge in [-0.05, 0) is 54.2 Å². The van der Waals surface area contributed by atoms with Gasteiger partial charge in [0, 0.05) is 17.2 Å². The molecule has 0 fully saturated rings. The lowest BCUT2D eigenvalue weighted by molar-refractivity contribution is 0.306. The Balaban J connectivity index is 1.90. The van der Waals surface area contributed by atoms with Crippen LogP contribution in [0.2, 0.25) is 0 Å². The maximum Gasteiger partial charge on any atom is 0.170 e. The van der Waals surface area contributed by atoms with E-state index >= 15 is 0 Å². The highest BCUT2D eigenvalue weighted by atomic mass is 79.9. The van der Waals surface area contributed by atoms with Crippen LogP contribution in [0.5, 0.6) is 5.75 Å². The van der Waals surface area contributed by atoms with E-state index in [-0.39, 0.29) is 0 Å². The third-order valence-corrected chi connectivity index (χ3v) is 3.49. The number of ether oxygens (including phenoxy) is 1. The number of hydrogen-bond acceptors (Lipinski definition) is 2. The first-order valence-corrected chi connectivity index (χ1v) is 7.33. The van der Waals surface area contributed by atoms with Crippen molar-refractivity contribution >= 4 is 38.9 Å². The van der Waals surface area contributed by atoms with Gasteiger partial charge in [-0.25, -0.2) is 0 Å². The third-order valence-electron chi connectivity index (χ3n) is 2.66. The average molecular weight is 351 g/mol. The summed E-state index contributed by atoms with van der Waals surface area (Å²) >= 11 is 8.44. The molecule has 0 radical (unpaired) electrons. The molecule has 0 atom stereocenters. The van der Waals surface area contributed by atoms with E-state index in [0.717, 1.165) is 21.5 Å². The highest BCUT2D eigenvalue weighted by Crippen LogP contribution is 2.18. The molecule has 2 N–H and O–H groups in total. The highest BCUT2D eigenvalue weighted by molar-refractivity contribution is 9.10. The van der Waals surface area contributed by atoms with Crippen molar-refractivity contribution in [2.24, 2.45) is 0 Å². The second-order valence-electron chi connectivity index (χ2n) is 4.14. The molecule has 104 valence electrons. The van der Waals surface area contributed by atoms with Gasteiger partial charge >= 0.3 is 0 Å². The molecular formula is C15H15BrN2OS. The Morgan fingerprint density at radius 2 is 1.75 bits per heavy atom. The monoisotopic (exact) mass is 350 g/mol. The van der Waals surface area contributed by atoms with E-state index in [0.29, 0.717) is 11.7 Å². The van der Waals surface area contributed by atoms with E-state index in [1.54, 1.807) is 7.05 Å². The molecule has 2 rings (SSSR count). The van der Waals surface area contributed by atoms with E-state index in [9.17, 15) is 0 Å². The van der Waals surface area contributed by atoms with Crippen LogP contribution in [0.15, 0.2) is 53.0 Å². The average Bonchev–Trinajstić information content (AvgIpc) is 2.48. The van der Waals surface area contributed by atoms with Gasteiger partial charge in [-0.3, -0.25) is 0 Å². The van der Waals surface area contributed by atoms with Gasteiger partial charge in [0.05, 0.1) is 0 Å². The summed E-state index contributed by atoms with van der Waals surface area (Å²) in [5.74, 6) is 0.853. The molecule has 0 amide bonds. The summed E-state index contributed by atoms with van der Waals surface area (Å²) in [4.78, 5) is 0. The summed E-state index contributed by atoms with van der Waals surface area (Å²) in [5.41, 5.74) is 2.06. The molecule has 0 unspecified atom stereocenters. The molecule has 5 heteroatoms. The fourth-order valence-electron chi connectivity index (χ4n) is 1.58. The minimum absolute atomic E-state index is 0.540. The van der Waals surface area contributed by atoms with Crippen LogP contribution in [-0.4, -0.2) is 12.2 Å². The zero-order chi connectivity index (χ0) is 14.4. The molecule has 2 aromatic carbocycles. The quantitative estimate of drug-likeness (QED) is 0.818. The van der Waals surface area contributed by atoms with Gasteiger partial charge in [-0.2, -0.15) is 0 Å². The van der Waals surface area contributed by atoms with E-state index in [2.05, 4.69) is 26.6 Å². The van der Waals surface area contributed by atoms with Gasteiger partial charge in [-0.15, -0.1) is 0 Å². The van der Waals surface area contributed by atoms with E-state index in [1.807, 2.05) is 48.5 Å². The zero-order valence-corrected chi connectivity index (χ0v) is 13.4. The first-order chi connectivity index (χ1) is 9.67. The van der Waals surface area contributed by atoms with Crippen LogP contribution in [0.25, 0.3) is 0 Å². The number of hydrogen-bond donors (Lipinski definition) is 2. The van der Waals surface area contributed by atoms with Crippen LogP contribution in [-0.2, 0) is 6.61 Å². The van der Waals surface area contributed by atoms with Crippen molar-refractivity contribution in [1.82, 2.24) is 5.32 Å². The molecule has 0 aromatic heterocycles. The largest absolute Gasteiger partial charge is 0.489 e. The third kappa shape index (κ3) is 4.51. The van der Waals surface area contributed by atoms with Gasteiger partial charge in [-0.1, -0.05) is 28.1 Å². The fourth-order valence-corrected chi connectivity index (χ4v) is 1.96. The summed E-state index contributed by atoms with van der Waals surface area (Å²) in [6, 6.07) is 15.8. The lowest BCUT2D eigenvalue weighted by Gasteiger charge is -2.09. The second-order valence-corrected chi connectivity index (χ2v) is 5.47. The summed E-state index contributed by atoms with van der Waals surface area (Å²) < 4.78 is 6.75. The summed E-state index contributed by atoms with van der Waals surface area (Å²) in [5, 5.41) is 6.54. The topological polar surface area (TPSA) is 33.3 Å². The van der Waals surface area contributed by atoms with Crippen LogP contribution in [0.1, 0.15) is 5.56 Å². The van der Waals surface area contributed by atoms with Gasteiger partial charge < -0.3 is 15.4 Å². The summed E-state index contributed by atoms with van der Waals surface area (Å²) in [6.07, 6.45) is 0. The molecule has 2 aromatic rings. The van der Waals surface area contributed by atoms with Crippen molar-refractivity contribution in [3.8, 4) is 5.75 Å². The Morgan fingerprint density at radius 3 is 2.35 bits per heavy atom. The van der Waals surface area contributed by atoms with Crippen molar-refractivity contribution in [1.29, 1.82) is 0 Å². The lowest BCUT2D eigenvalue weighted by Crippen LogP contribution is -2.24. The molecule has 0 saturated heterocycles. The van der Waals surface area contributed by atoms with Crippen molar-refractivity contribution in [2.75, 3.05) is 12.4 Å². The zero-order valence-electron chi connectivity index (χ0n) is 11.0. The summed E-state index contributed by atoms with van der Waals surface area (Å²) in [6.45, 7) is 0.540. The molecule has 0 aliphatic heterocycles. The molecule has 3 nitrogen and oxygen atoms in total. The van der Waals surface area contributed by atoms with Gasteiger partial charge in [0.15, 0.2) is 5.11 Å². The molecule has 0 saturated carbocycles. The predicted molar refractivity (Wildman–Crippen MR) is 90.2 cm³/mol. The minimum Gasteiger partial charge on any atom is -0.489 e. The first-order valence-electron chi connectivity index (χ1n) is 6.13. The Kier molecular flexibility index (Phi) is 5.38. The predicted octanol–water partition coefficient (Wildman–Crippen LogP) is 3.94.